The van der Waals surface area contributed by atoms with E-state index in [0.717, 1.165) is 44.3 Å². The van der Waals surface area contributed by atoms with E-state index in [4.69, 9.17) is 0 Å². The molecule has 1 aromatic carbocycles. The Balaban J connectivity index is 1.35. The number of benzene rings is 1. The molecule has 1 aromatic heterocycles. The van der Waals surface area contributed by atoms with E-state index in [1.54, 1.807) is 17.8 Å². The Labute approximate surface area is 164 Å². The number of amides is 2. The van der Waals surface area contributed by atoms with Gasteiger partial charge in [0.15, 0.2) is 5.69 Å². The van der Waals surface area contributed by atoms with Crippen molar-refractivity contribution in [3.63, 3.8) is 0 Å². The van der Waals surface area contributed by atoms with Crippen molar-refractivity contribution in [3.8, 4) is 0 Å². The molecule has 2 aromatic rings. The van der Waals surface area contributed by atoms with Crippen LogP contribution in [0.25, 0.3) is 0 Å². The van der Waals surface area contributed by atoms with Gasteiger partial charge in [0.25, 0.3) is 5.91 Å². The molecule has 148 valence electrons. The standard InChI is InChI=1S/C20H26N6O2/c1-14(27)25(17-6-7-17)12-15-2-4-16(5-3-15)22-20(28)19-13-26(24-23-19)18-8-10-21-11-9-18/h2-5,13,17-18,21H,6-12H2,1H3,(H,22,28). The number of hydrogen-bond acceptors (Lipinski definition) is 5. The summed E-state index contributed by atoms with van der Waals surface area (Å²) in [5, 5.41) is 14.3. The smallest absolute Gasteiger partial charge is 0.277 e. The van der Waals surface area contributed by atoms with E-state index in [1.807, 2.05) is 29.2 Å². The third kappa shape index (κ3) is 4.39. The highest BCUT2D eigenvalue weighted by atomic mass is 16.2. The van der Waals surface area contributed by atoms with Crippen molar-refractivity contribution in [2.75, 3.05) is 18.4 Å². The topological polar surface area (TPSA) is 92.2 Å². The molecule has 28 heavy (non-hydrogen) atoms. The van der Waals surface area contributed by atoms with Crippen LogP contribution in [0.2, 0.25) is 0 Å². The normalized spacial score (nSPS) is 17.3. The van der Waals surface area contributed by atoms with Crippen LogP contribution in [0.1, 0.15) is 54.7 Å². The van der Waals surface area contributed by atoms with Crippen LogP contribution < -0.4 is 10.6 Å². The SMILES string of the molecule is CC(=O)N(Cc1ccc(NC(=O)c2cn(C3CCNCC3)nn2)cc1)C1CC1. The number of aromatic nitrogens is 3. The van der Waals surface area contributed by atoms with Crippen LogP contribution in [0.4, 0.5) is 5.69 Å². The average Bonchev–Trinajstić information content (AvgIpc) is 3.42. The van der Waals surface area contributed by atoms with Crippen LogP contribution in [-0.2, 0) is 11.3 Å². The Kier molecular flexibility index (Phi) is 5.38. The predicted molar refractivity (Wildman–Crippen MR) is 105 cm³/mol. The fourth-order valence-electron chi connectivity index (χ4n) is 3.60. The van der Waals surface area contributed by atoms with Crippen LogP contribution >= 0.6 is 0 Å². The molecule has 2 N–H and O–H groups in total. The number of nitrogens with zero attached hydrogens (tertiary/aromatic N) is 4. The number of hydrogen-bond donors (Lipinski definition) is 2. The highest BCUT2D eigenvalue weighted by molar-refractivity contribution is 6.02. The molecule has 1 saturated carbocycles. The molecular weight excluding hydrogens is 356 g/mol. The predicted octanol–water partition coefficient (Wildman–Crippen LogP) is 1.97. The van der Waals surface area contributed by atoms with Crippen molar-refractivity contribution in [1.82, 2.24) is 25.2 Å². The maximum absolute atomic E-state index is 12.5. The monoisotopic (exact) mass is 382 g/mol. The van der Waals surface area contributed by atoms with Gasteiger partial charge in [-0.3, -0.25) is 9.59 Å². The Hall–Kier alpha value is -2.74. The Morgan fingerprint density at radius 2 is 1.89 bits per heavy atom. The molecular formula is C20H26N6O2. The lowest BCUT2D eigenvalue weighted by Gasteiger charge is -2.22. The molecule has 0 unspecified atom stereocenters. The van der Waals surface area contributed by atoms with Crippen LogP contribution in [0.3, 0.4) is 0 Å². The summed E-state index contributed by atoms with van der Waals surface area (Å²) in [5.74, 6) is -0.159. The second kappa shape index (κ2) is 8.10. The van der Waals surface area contributed by atoms with Crippen LogP contribution in [0.5, 0.6) is 0 Å². The van der Waals surface area contributed by atoms with E-state index in [2.05, 4.69) is 20.9 Å². The highest BCUT2D eigenvalue weighted by Gasteiger charge is 2.30. The first kappa shape index (κ1) is 18.6. The third-order valence-electron chi connectivity index (χ3n) is 5.38. The zero-order valence-electron chi connectivity index (χ0n) is 16.1. The lowest BCUT2D eigenvalue weighted by molar-refractivity contribution is -0.130. The van der Waals surface area contributed by atoms with Crippen molar-refractivity contribution in [1.29, 1.82) is 0 Å². The van der Waals surface area contributed by atoms with Gasteiger partial charge >= 0.3 is 0 Å². The summed E-state index contributed by atoms with van der Waals surface area (Å²) < 4.78 is 1.80. The zero-order valence-corrected chi connectivity index (χ0v) is 16.1. The molecule has 1 saturated heterocycles. The molecule has 8 nitrogen and oxygen atoms in total. The zero-order chi connectivity index (χ0) is 19.5. The largest absolute Gasteiger partial charge is 0.336 e. The maximum Gasteiger partial charge on any atom is 0.277 e. The molecule has 0 bridgehead atoms. The number of nitrogens with one attached hydrogen (secondary N) is 2. The van der Waals surface area contributed by atoms with Gasteiger partial charge in [0.1, 0.15) is 0 Å². The first-order valence-electron chi connectivity index (χ1n) is 9.90. The molecule has 2 amide bonds. The van der Waals surface area contributed by atoms with E-state index >= 15 is 0 Å². The fraction of sp³-hybridized carbons (Fsp3) is 0.500. The molecule has 1 aliphatic heterocycles. The van der Waals surface area contributed by atoms with Crippen molar-refractivity contribution >= 4 is 17.5 Å². The second-order valence-corrected chi connectivity index (χ2v) is 7.59. The summed E-state index contributed by atoms with van der Waals surface area (Å²) in [6.07, 6.45) is 5.88. The van der Waals surface area contributed by atoms with Gasteiger partial charge in [-0.25, -0.2) is 4.68 Å². The lowest BCUT2D eigenvalue weighted by Crippen LogP contribution is -2.30. The van der Waals surface area contributed by atoms with E-state index in [0.29, 0.717) is 30.0 Å². The number of carbonyl (C=O) groups is 2. The van der Waals surface area contributed by atoms with E-state index in [1.165, 1.54) is 0 Å². The first-order valence-corrected chi connectivity index (χ1v) is 9.90. The van der Waals surface area contributed by atoms with E-state index in [-0.39, 0.29) is 11.8 Å². The van der Waals surface area contributed by atoms with Crippen LogP contribution in [0.15, 0.2) is 30.5 Å². The average molecular weight is 382 g/mol. The van der Waals surface area contributed by atoms with Crippen molar-refractivity contribution in [3.05, 3.63) is 41.7 Å². The molecule has 8 heteroatoms. The summed E-state index contributed by atoms with van der Waals surface area (Å²) in [6.45, 7) is 4.14. The first-order chi connectivity index (χ1) is 13.6. The molecule has 4 rings (SSSR count). The molecule has 0 atom stereocenters. The van der Waals surface area contributed by atoms with Gasteiger partial charge < -0.3 is 15.5 Å². The summed E-state index contributed by atoms with van der Waals surface area (Å²) in [5.41, 5.74) is 2.07. The molecule has 1 aliphatic carbocycles. The summed E-state index contributed by atoms with van der Waals surface area (Å²) in [6, 6.07) is 8.29. The van der Waals surface area contributed by atoms with Gasteiger partial charge in [-0.2, -0.15) is 0 Å². The Bertz CT molecular complexity index is 837. The summed E-state index contributed by atoms with van der Waals surface area (Å²) in [7, 11) is 0. The Morgan fingerprint density at radius 3 is 2.54 bits per heavy atom. The number of anilines is 1. The van der Waals surface area contributed by atoms with Crippen molar-refractivity contribution in [2.45, 2.75) is 51.2 Å². The number of carbonyl (C=O) groups excluding carboxylic acids is 2. The van der Waals surface area contributed by atoms with Gasteiger partial charge in [-0.15, -0.1) is 5.10 Å². The molecule has 2 aliphatic rings. The quantitative estimate of drug-likeness (QED) is 0.797. The van der Waals surface area contributed by atoms with Crippen molar-refractivity contribution in [2.24, 2.45) is 0 Å². The van der Waals surface area contributed by atoms with Crippen LogP contribution in [0, 0.1) is 0 Å². The Morgan fingerprint density at radius 1 is 1.18 bits per heavy atom. The third-order valence-corrected chi connectivity index (χ3v) is 5.38. The van der Waals surface area contributed by atoms with Gasteiger partial charge in [0.2, 0.25) is 5.91 Å². The van der Waals surface area contributed by atoms with Gasteiger partial charge in [0.05, 0.1) is 12.2 Å². The van der Waals surface area contributed by atoms with Gasteiger partial charge in [-0.05, 0) is 56.5 Å². The van der Waals surface area contributed by atoms with E-state index < -0.39 is 0 Å². The van der Waals surface area contributed by atoms with Crippen molar-refractivity contribution < 1.29 is 9.59 Å². The lowest BCUT2D eigenvalue weighted by atomic mass is 10.1. The number of rotatable bonds is 6. The van der Waals surface area contributed by atoms with E-state index in [9.17, 15) is 9.59 Å². The molecule has 2 fully saturated rings. The minimum Gasteiger partial charge on any atom is -0.336 e. The minimum absolute atomic E-state index is 0.108. The highest BCUT2D eigenvalue weighted by Crippen LogP contribution is 2.28. The summed E-state index contributed by atoms with van der Waals surface area (Å²) in [4.78, 5) is 26.1. The molecule has 0 radical (unpaired) electrons. The van der Waals surface area contributed by atoms with Crippen LogP contribution in [-0.4, -0.2) is 50.8 Å². The fourth-order valence-corrected chi connectivity index (χ4v) is 3.60. The van der Waals surface area contributed by atoms with Gasteiger partial charge in [-0.1, -0.05) is 17.3 Å². The second-order valence-electron chi connectivity index (χ2n) is 7.59. The minimum atomic E-state index is -0.267. The maximum atomic E-state index is 12.5. The summed E-state index contributed by atoms with van der Waals surface area (Å²) >= 11 is 0. The molecule has 2 heterocycles. The molecule has 0 spiro atoms. The number of piperidine rings is 1. The van der Waals surface area contributed by atoms with Gasteiger partial charge in [0, 0.05) is 25.2 Å².